The first kappa shape index (κ1) is 26.4. The summed E-state index contributed by atoms with van der Waals surface area (Å²) < 4.78 is 5.63. The van der Waals surface area contributed by atoms with Gasteiger partial charge in [-0.05, 0) is 47.9 Å². The van der Waals surface area contributed by atoms with Crippen LogP contribution in [-0.2, 0) is 9.53 Å². The van der Waals surface area contributed by atoms with Crippen LogP contribution in [0.3, 0.4) is 0 Å². The van der Waals surface area contributed by atoms with Gasteiger partial charge in [-0.1, -0.05) is 74.5 Å². The molecule has 4 N–H and O–H groups in total. The highest BCUT2D eigenvalue weighted by Crippen LogP contribution is 2.44. The van der Waals surface area contributed by atoms with Crippen LogP contribution in [0.4, 0.5) is 4.79 Å². The number of aliphatic hydroxyl groups excluding tert-OH is 2. The fraction of sp³-hybridized carbons (Fsp3) is 0.429. The summed E-state index contributed by atoms with van der Waals surface area (Å²) in [7, 11) is 0. The van der Waals surface area contributed by atoms with Crippen molar-refractivity contribution in [1.29, 1.82) is 0 Å². The SMILES string of the molecule is CC(C)C[C@H](C[C@H](O)/C=C\[C@@H](O)[C@H](C)C(=O)O)NC(=O)OCC1c2ccccc2-c2ccccc21. The summed E-state index contributed by atoms with van der Waals surface area (Å²) in [6.07, 6.45) is 0.785. The van der Waals surface area contributed by atoms with Gasteiger partial charge in [-0.3, -0.25) is 4.79 Å². The van der Waals surface area contributed by atoms with Gasteiger partial charge in [0, 0.05) is 12.0 Å². The van der Waals surface area contributed by atoms with E-state index >= 15 is 0 Å². The largest absolute Gasteiger partial charge is 0.481 e. The van der Waals surface area contributed by atoms with Crippen molar-refractivity contribution in [2.75, 3.05) is 6.61 Å². The summed E-state index contributed by atoms with van der Waals surface area (Å²) >= 11 is 0. The molecule has 3 rings (SSSR count). The van der Waals surface area contributed by atoms with E-state index < -0.39 is 30.2 Å². The van der Waals surface area contributed by atoms with E-state index in [0.29, 0.717) is 6.42 Å². The number of rotatable bonds is 11. The lowest BCUT2D eigenvalue weighted by Crippen LogP contribution is -2.39. The minimum absolute atomic E-state index is 0.0389. The van der Waals surface area contributed by atoms with Crippen molar-refractivity contribution in [3.05, 3.63) is 71.8 Å². The zero-order chi connectivity index (χ0) is 25.5. The maximum Gasteiger partial charge on any atom is 0.407 e. The van der Waals surface area contributed by atoms with Crippen LogP contribution < -0.4 is 5.32 Å². The molecule has 0 saturated heterocycles. The molecular weight excluding hydrogens is 446 g/mol. The fourth-order valence-electron chi connectivity index (χ4n) is 4.51. The third kappa shape index (κ3) is 6.93. The monoisotopic (exact) mass is 481 g/mol. The molecule has 0 saturated carbocycles. The summed E-state index contributed by atoms with van der Waals surface area (Å²) in [4.78, 5) is 23.7. The molecule has 0 radical (unpaired) electrons. The molecule has 1 aliphatic rings. The second-order valence-corrected chi connectivity index (χ2v) is 9.60. The lowest BCUT2D eigenvalue weighted by Gasteiger charge is -2.23. The third-order valence-corrected chi connectivity index (χ3v) is 6.38. The molecule has 0 unspecified atom stereocenters. The Bertz CT molecular complexity index is 1000. The Labute approximate surface area is 206 Å². The highest BCUT2D eigenvalue weighted by atomic mass is 16.5. The number of carbonyl (C=O) groups excluding carboxylic acids is 1. The van der Waals surface area contributed by atoms with E-state index in [0.717, 1.165) is 22.3 Å². The average molecular weight is 482 g/mol. The lowest BCUT2D eigenvalue weighted by molar-refractivity contribution is -0.143. The highest BCUT2D eigenvalue weighted by molar-refractivity contribution is 5.79. The summed E-state index contributed by atoms with van der Waals surface area (Å²) in [5.74, 6) is -1.87. The van der Waals surface area contributed by atoms with Gasteiger partial charge < -0.3 is 25.4 Å². The zero-order valence-corrected chi connectivity index (χ0v) is 20.4. The minimum Gasteiger partial charge on any atom is -0.481 e. The number of hydrogen-bond donors (Lipinski definition) is 4. The van der Waals surface area contributed by atoms with E-state index in [9.17, 15) is 19.8 Å². The van der Waals surface area contributed by atoms with Crippen LogP contribution in [0.15, 0.2) is 60.7 Å². The van der Waals surface area contributed by atoms with E-state index in [2.05, 4.69) is 29.6 Å². The second kappa shape index (κ2) is 12.0. The summed E-state index contributed by atoms with van der Waals surface area (Å²) in [6, 6.07) is 15.9. The first-order valence-electron chi connectivity index (χ1n) is 12.1. The molecule has 7 heteroatoms. The second-order valence-electron chi connectivity index (χ2n) is 9.60. The number of benzene rings is 2. The quantitative estimate of drug-likeness (QED) is 0.355. The van der Waals surface area contributed by atoms with Crippen molar-refractivity contribution < 1.29 is 29.6 Å². The van der Waals surface area contributed by atoms with E-state index in [1.54, 1.807) is 0 Å². The molecule has 0 fully saturated rings. The normalized spacial score (nSPS) is 16.4. The smallest absolute Gasteiger partial charge is 0.407 e. The number of alkyl carbamates (subject to hydrolysis) is 1. The van der Waals surface area contributed by atoms with Gasteiger partial charge in [-0.25, -0.2) is 4.79 Å². The van der Waals surface area contributed by atoms with Gasteiger partial charge in [0.2, 0.25) is 0 Å². The van der Waals surface area contributed by atoms with Crippen molar-refractivity contribution >= 4 is 12.1 Å². The van der Waals surface area contributed by atoms with Gasteiger partial charge in [0.05, 0.1) is 18.1 Å². The van der Waals surface area contributed by atoms with E-state index in [4.69, 9.17) is 9.84 Å². The Balaban J connectivity index is 1.60. The van der Waals surface area contributed by atoms with Gasteiger partial charge in [0.1, 0.15) is 6.61 Å². The van der Waals surface area contributed by atoms with Gasteiger partial charge in [0.15, 0.2) is 0 Å². The number of carboxylic acid groups (broad SMARTS) is 1. The Morgan fingerprint density at radius 1 is 0.943 bits per heavy atom. The molecule has 4 atom stereocenters. The fourth-order valence-corrected chi connectivity index (χ4v) is 4.51. The lowest BCUT2D eigenvalue weighted by atomic mass is 9.97. The number of hydrogen-bond acceptors (Lipinski definition) is 5. The van der Waals surface area contributed by atoms with Crippen LogP contribution >= 0.6 is 0 Å². The number of nitrogens with one attached hydrogen (secondary N) is 1. The van der Waals surface area contributed by atoms with Gasteiger partial charge >= 0.3 is 12.1 Å². The summed E-state index contributed by atoms with van der Waals surface area (Å²) in [6.45, 7) is 5.64. The number of aliphatic hydroxyl groups is 2. The molecule has 1 aliphatic carbocycles. The van der Waals surface area contributed by atoms with Crippen LogP contribution in [0.25, 0.3) is 11.1 Å². The first-order chi connectivity index (χ1) is 16.7. The molecule has 35 heavy (non-hydrogen) atoms. The Kier molecular flexibility index (Phi) is 9.07. The highest BCUT2D eigenvalue weighted by Gasteiger charge is 2.29. The van der Waals surface area contributed by atoms with Gasteiger partial charge in [0.25, 0.3) is 0 Å². The number of ether oxygens (including phenoxy) is 1. The van der Waals surface area contributed by atoms with Crippen LogP contribution in [-0.4, -0.2) is 52.2 Å². The maximum absolute atomic E-state index is 12.7. The Morgan fingerprint density at radius 3 is 2.06 bits per heavy atom. The van der Waals surface area contributed by atoms with Crippen molar-refractivity contribution in [1.82, 2.24) is 5.32 Å². The molecule has 0 heterocycles. The predicted molar refractivity (Wildman–Crippen MR) is 134 cm³/mol. The molecule has 1 amide bonds. The van der Waals surface area contributed by atoms with Crippen molar-refractivity contribution in [2.45, 2.75) is 57.8 Å². The van der Waals surface area contributed by atoms with Crippen LogP contribution in [0, 0.1) is 11.8 Å². The standard InChI is InChI=1S/C28H35NO6/c1-17(2)14-19(15-20(30)12-13-26(31)18(3)27(32)33)29-28(34)35-16-25-23-10-6-4-8-21(23)22-9-5-7-11-24(22)25/h4-13,17-20,25-26,30-31H,14-16H2,1-3H3,(H,29,34)(H,32,33)/b13-12-/t18-,19+,20+,26+/m0/s1. The zero-order valence-electron chi connectivity index (χ0n) is 20.4. The molecule has 2 aromatic carbocycles. The maximum atomic E-state index is 12.7. The molecule has 188 valence electrons. The van der Waals surface area contributed by atoms with Crippen LogP contribution in [0.1, 0.15) is 50.7 Å². The Morgan fingerprint density at radius 2 is 1.51 bits per heavy atom. The molecule has 0 aromatic heterocycles. The number of aliphatic carboxylic acids is 1. The van der Waals surface area contributed by atoms with Crippen molar-refractivity contribution in [3.63, 3.8) is 0 Å². The number of carboxylic acids is 1. The summed E-state index contributed by atoms with van der Waals surface area (Å²) in [5, 5.41) is 32.2. The van der Waals surface area contributed by atoms with Crippen molar-refractivity contribution in [2.24, 2.45) is 11.8 Å². The van der Waals surface area contributed by atoms with E-state index in [1.165, 1.54) is 19.1 Å². The number of carbonyl (C=O) groups is 2. The predicted octanol–water partition coefficient (Wildman–Crippen LogP) is 4.33. The van der Waals surface area contributed by atoms with Crippen molar-refractivity contribution in [3.8, 4) is 11.1 Å². The minimum atomic E-state index is -1.21. The number of amides is 1. The molecular formula is C28H35NO6. The third-order valence-electron chi connectivity index (χ3n) is 6.38. The summed E-state index contributed by atoms with van der Waals surface area (Å²) in [5.41, 5.74) is 4.58. The van der Waals surface area contributed by atoms with Crippen LogP contribution in [0.2, 0.25) is 0 Å². The van der Waals surface area contributed by atoms with Gasteiger partial charge in [-0.15, -0.1) is 0 Å². The van der Waals surface area contributed by atoms with Gasteiger partial charge in [-0.2, -0.15) is 0 Å². The Hall–Kier alpha value is -3.16. The molecule has 0 bridgehead atoms. The van der Waals surface area contributed by atoms with E-state index in [1.807, 2.05) is 38.1 Å². The topological polar surface area (TPSA) is 116 Å². The average Bonchev–Trinajstić information content (AvgIpc) is 3.14. The first-order valence-corrected chi connectivity index (χ1v) is 12.1. The molecule has 0 aliphatic heterocycles. The van der Waals surface area contributed by atoms with E-state index in [-0.39, 0.29) is 30.9 Å². The molecule has 2 aromatic rings. The number of fused-ring (bicyclic) bond motifs is 3. The molecule has 0 spiro atoms. The van der Waals surface area contributed by atoms with Crippen LogP contribution in [0.5, 0.6) is 0 Å². The molecule has 7 nitrogen and oxygen atoms in total.